The average molecular weight is 181 g/mol. The first kappa shape index (κ1) is 9.11. The summed E-state index contributed by atoms with van der Waals surface area (Å²) in [5.41, 5.74) is 0.815. The third kappa shape index (κ3) is 1.98. The largest absolute Gasteiger partial charge is 0.411 e. The van der Waals surface area contributed by atoms with E-state index in [1.54, 1.807) is 6.92 Å². The molecule has 0 atom stereocenters. The third-order valence-electron chi connectivity index (χ3n) is 1.49. The van der Waals surface area contributed by atoms with Gasteiger partial charge in [0, 0.05) is 5.56 Å². The number of aromatic nitrogens is 1. The normalized spacial score (nSPS) is 10.5. The molecule has 0 radical (unpaired) electrons. The summed E-state index contributed by atoms with van der Waals surface area (Å²) in [6, 6.07) is 1.47. The van der Waals surface area contributed by atoms with Gasteiger partial charge in [-0.15, -0.1) is 0 Å². The van der Waals surface area contributed by atoms with Crippen LogP contribution < -0.4 is 0 Å². The molecular weight excluding hydrogens is 174 g/mol. The van der Waals surface area contributed by atoms with Gasteiger partial charge in [0.1, 0.15) is 6.20 Å². The maximum absolute atomic E-state index is 10.4. The van der Waals surface area contributed by atoms with Gasteiger partial charge in [-0.1, -0.05) is 5.16 Å². The van der Waals surface area contributed by atoms with Crippen LogP contribution in [-0.2, 0) is 0 Å². The first-order chi connectivity index (χ1) is 6.15. The topological polar surface area (TPSA) is 88.6 Å². The summed E-state index contributed by atoms with van der Waals surface area (Å²) in [6.07, 6.45) is 2.24. The van der Waals surface area contributed by atoms with E-state index in [2.05, 4.69) is 10.1 Å². The Labute approximate surface area is 73.7 Å². The lowest BCUT2D eigenvalue weighted by Crippen LogP contribution is -1.95. The van der Waals surface area contributed by atoms with Gasteiger partial charge in [-0.25, -0.2) is 4.98 Å². The maximum Gasteiger partial charge on any atom is 0.290 e. The first-order valence-electron chi connectivity index (χ1n) is 3.43. The van der Waals surface area contributed by atoms with Crippen molar-refractivity contribution in [3.8, 4) is 0 Å². The van der Waals surface area contributed by atoms with Crippen LogP contribution in [0.4, 0.5) is 5.69 Å². The standard InChI is InChI=1S/C7H7N3O3/c1-5-2-6(3-9-11)8-4-7(5)10(12)13/h2-4,11H,1H3/b9-3+. The Morgan fingerprint density at radius 2 is 2.46 bits per heavy atom. The van der Waals surface area contributed by atoms with Crippen LogP contribution in [0.25, 0.3) is 0 Å². The van der Waals surface area contributed by atoms with Crippen LogP contribution in [0, 0.1) is 17.0 Å². The van der Waals surface area contributed by atoms with Gasteiger partial charge in [0.2, 0.25) is 0 Å². The van der Waals surface area contributed by atoms with Gasteiger partial charge in [0.05, 0.1) is 16.8 Å². The summed E-state index contributed by atoms with van der Waals surface area (Å²) in [5.74, 6) is 0. The van der Waals surface area contributed by atoms with E-state index in [1.165, 1.54) is 6.07 Å². The number of pyridine rings is 1. The Morgan fingerprint density at radius 3 is 2.92 bits per heavy atom. The average Bonchev–Trinajstić information content (AvgIpc) is 2.04. The molecule has 1 rings (SSSR count). The number of aryl methyl sites for hydroxylation is 1. The molecular formula is C7H7N3O3. The van der Waals surface area contributed by atoms with Gasteiger partial charge >= 0.3 is 0 Å². The fourth-order valence-electron chi connectivity index (χ4n) is 0.891. The molecule has 0 amide bonds. The zero-order chi connectivity index (χ0) is 9.84. The monoisotopic (exact) mass is 181 g/mol. The summed E-state index contributed by atoms with van der Waals surface area (Å²) in [6.45, 7) is 1.59. The molecule has 0 saturated carbocycles. The van der Waals surface area contributed by atoms with Gasteiger partial charge in [0.25, 0.3) is 5.69 Å². The highest BCUT2D eigenvalue weighted by atomic mass is 16.6. The van der Waals surface area contributed by atoms with Crippen LogP contribution in [0.15, 0.2) is 17.4 Å². The molecule has 0 aliphatic rings. The highest BCUT2D eigenvalue weighted by Crippen LogP contribution is 2.15. The summed E-state index contributed by atoms with van der Waals surface area (Å²) in [7, 11) is 0. The van der Waals surface area contributed by atoms with Gasteiger partial charge in [-0.05, 0) is 13.0 Å². The summed E-state index contributed by atoms with van der Waals surface area (Å²) >= 11 is 0. The molecule has 0 aliphatic heterocycles. The predicted octanol–water partition coefficient (Wildman–Crippen LogP) is 1.11. The van der Waals surface area contributed by atoms with E-state index in [4.69, 9.17) is 5.21 Å². The summed E-state index contributed by atoms with van der Waals surface area (Å²) in [5, 5.41) is 21.3. The number of oxime groups is 1. The number of hydrogen-bond acceptors (Lipinski definition) is 5. The Morgan fingerprint density at radius 1 is 1.77 bits per heavy atom. The lowest BCUT2D eigenvalue weighted by atomic mass is 10.2. The third-order valence-corrected chi connectivity index (χ3v) is 1.49. The van der Waals surface area contributed by atoms with E-state index in [0.717, 1.165) is 12.4 Å². The van der Waals surface area contributed by atoms with Gasteiger partial charge in [-0.3, -0.25) is 10.1 Å². The highest BCUT2D eigenvalue weighted by Gasteiger charge is 2.10. The van der Waals surface area contributed by atoms with Crippen LogP contribution >= 0.6 is 0 Å². The van der Waals surface area contributed by atoms with Crippen LogP contribution in [0.5, 0.6) is 0 Å². The Bertz CT molecular complexity index is 362. The van der Waals surface area contributed by atoms with E-state index in [-0.39, 0.29) is 5.69 Å². The van der Waals surface area contributed by atoms with Crippen molar-refractivity contribution < 1.29 is 10.1 Å². The second-order valence-corrected chi connectivity index (χ2v) is 2.40. The zero-order valence-corrected chi connectivity index (χ0v) is 6.84. The van der Waals surface area contributed by atoms with Crippen molar-refractivity contribution in [3.63, 3.8) is 0 Å². The molecule has 0 aliphatic carbocycles. The van der Waals surface area contributed by atoms with Crippen LogP contribution in [0.1, 0.15) is 11.3 Å². The Balaban J connectivity index is 3.12. The molecule has 0 saturated heterocycles. The molecule has 1 aromatic heterocycles. The van der Waals surface area contributed by atoms with Gasteiger partial charge in [0.15, 0.2) is 0 Å². The first-order valence-corrected chi connectivity index (χ1v) is 3.43. The van der Waals surface area contributed by atoms with Crippen molar-refractivity contribution in [2.24, 2.45) is 5.16 Å². The smallest absolute Gasteiger partial charge is 0.290 e. The molecule has 0 unspecified atom stereocenters. The molecule has 6 nitrogen and oxygen atoms in total. The van der Waals surface area contributed by atoms with Gasteiger partial charge < -0.3 is 5.21 Å². The minimum Gasteiger partial charge on any atom is -0.411 e. The van der Waals surface area contributed by atoms with Crippen molar-refractivity contribution in [3.05, 3.63) is 33.6 Å². The van der Waals surface area contributed by atoms with Crippen LogP contribution in [0.2, 0.25) is 0 Å². The van der Waals surface area contributed by atoms with Gasteiger partial charge in [-0.2, -0.15) is 0 Å². The van der Waals surface area contributed by atoms with Crippen LogP contribution in [0.3, 0.4) is 0 Å². The Kier molecular flexibility index (Phi) is 2.53. The lowest BCUT2D eigenvalue weighted by Gasteiger charge is -1.96. The molecule has 1 N–H and O–H groups in total. The number of hydrogen-bond donors (Lipinski definition) is 1. The van der Waals surface area contributed by atoms with Crippen molar-refractivity contribution in [2.45, 2.75) is 6.92 Å². The maximum atomic E-state index is 10.4. The van der Waals surface area contributed by atoms with E-state index in [0.29, 0.717) is 11.3 Å². The quantitative estimate of drug-likeness (QED) is 0.320. The molecule has 13 heavy (non-hydrogen) atoms. The fourth-order valence-corrected chi connectivity index (χ4v) is 0.891. The van der Waals surface area contributed by atoms with Crippen molar-refractivity contribution in [2.75, 3.05) is 0 Å². The highest BCUT2D eigenvalue weighted by molar-refractivity contribution is 5.77. The molecule has 0 spiro atoms. The Hall–Kier alpha value is -1.98. The van der Waals surface area contributed by atoms with E-state index in [1.807, 2.05) is 0 Å². The molecule has 0 aromatic carbocycles. The molecule has 1 aromatic rings. The molecule has 0 fully saturated rings. The van der Waals surface area contributed by atoms with E-state index < -0.39 is 4.92 Å². The SMILES string of the molecule is Cc1cc(/C=N/O)ncc1[N+](=O)[O-]. The fraction of sp³-hybridized carbons (Fsp3) is 0.143. The number of nitrogens with zero attached hydrogens (tertiary/aromatic N) is 3. The van der Waals surface area contributed by atoms with E-state index in [9.17, 15) is 10.1 Å². The molecule has 68 valence electrons. The van der Waals surface area contributed by atoms with E-state index >= 15 is 0 Å². The number of nitro groups is 1. The second kappa shape index (κ2) is 3.61. The molecule has 6 heteroatoms. The van der Waals surface area contributed by atoms with Crippen molar-refractivity contribution in [1.29, 1.82) is 0 Å². The lowest BCUT2D eigenvalue weighted by molar-refractivity contribution is -0.385. The minimum atomic E-state index is -0.512. The van der Waals surface area contributed by atoms with Crippen LogP contribution in [-0.4, -0.2) is 21.3 Å². The van der Waals surface area contributed by atoms with Crippen molar-refractivity contribution >= 4 is 11.9 Å². The van der Waals surface area contributed by atoms with Crippen molar-refractivity contribution in [1.82, 2.24) is 4.98 Å². The molecule has 1 heterocycles. The number of rotatable bonds is 2. The summed E-state index contributed by atoms with van der Waals surface area (Å²) < 4.78 is 0. The molecule has 0 bridgehead atoms. The minimum absolute atomic E-state index is 0.0462. The predicted molar refractivity (Wildman–Crippen MR) is 45.0 cm³/mol. The summed E-state index contributed by atoms with van der Waals surface area (Å²) in [4.78, 5) is 13.6. The second-order valence-electron chi connectivity index (χ2n) is 2.40. The zero-order valence-electron chi connectivity index (χ0n) is 6.84.